The van der Waals surface area contributed by atoms with Crippen molar-refractivity contribution in [3.63, 3.8) is 0 Å². The SMILES string of the molecule is O=C(O)c1ccoc1CN1CC2CCC(C1)O2. The molecule has 0 spiro atoms. The number of hydrogen-bond donors (Lipinski definition) is 1. The largest absolute Gasteiger partial charge is 0.478 e. The molecule has 5 heteroatoms. The molecule has 2 atom stereocenters. The number of carboxylic acid groups (broad SMARTS) is 1. The normalized spacial score (nSPS) is 28.5. The number of ether oxygens (including phenoxy) is 1. The van der Waals surface area contributed by atoms with E-state index in [2.05, 4.69) is 4.90 Å². The highest BCUT2D eigenvalue weighted by Gasteiger charge is 2.34. The first-order valence-electron chi connectivity index (χ1n) is 5.90. The summed E-state index contributed by atoms with van der Waals surface area (Å²) >= 11 is 0. The van der Waals surface area contributed by atoms with Crippen LogP contribution < -0.4 is 0 Å². The van der Waals surface area contributed by atoms with E-state index in [-0.39, 0.29) is 5.56 Å². The number of morpholine rings is 1. The first kappa shape index (κ1) is 10.8. The van der Waals surface area contributed by atoms with Crippen LogP contribution in [0.1, 0.15) is 29.0 Å². The lowest BCUT2D eigenvalue weighted by molar-refractivity contribution is -0.0427. The molecule has 0 amide bonds. The van der Waals surface area contributed by atoms with Gasteiger partial charge in [-0.15, -0.1) is 0 Å². The van der Waals surface area contributed by atoms with E-state index in [0.717, 1.165) is 25.9 Å². The van der Waals surface area contributed by atoms with Gasteiger partial charge in [0.1, 0.15) is 11.3 Å². The number of carbonyl (C=O) groups is 1. The number of likely N-dealkylation sites (tertiary alicyclic amines) is 1. The molecule has 2 saturated heterocycles. The average Bonchev–Trinajstić information content (AvgIpc) is 2.86. The number of nitrogens with zero attached hydrogens (tertiary/aromatic N) is 1. The molecule has 17 heavy (non-hydrogen) atoms. The van der Waals surface area contributed by atoms with E-state index >= 15 is 0 Å². The van der Waals surface area contributed by atoms with Gasteiger partial charge in [-0.1, -0.05) is 0 Å². The number of furan rings is 1. The van der Waals surface area contributed by atoms with Gasteiger partial charge in [0.05, 0.1) is 25.0 Å². The Labute approximate surface area is 99.0 Å². The van der Waals surface area contributed by atoms with Crippen molar-refractivity contribution < 1.29 is 19.1 Å². The van der Waals surface area contributed by atoms with Crippen molar-refractivity contribution in [2.45, 2.75) is 31.6 Å². The van der Waals surface area contributed by atoms with Crippen molar-refractivity contribution in [1.82, 2.24) is 4.90 Å². The fraction of sp³-hybridized carbons (Fsp3) is 0.583. The highest BCUT2D eigenvalue weighted by atomic mass is 16.5. The fourth-order valence-electron chi connectivity index (χ4n) is 2.68. The average molecular weight is 237 g/mol. The monoisotopic (exact) mass is 237 g/mol. The third-order valence-corrected chi connectivity index (χ3v) is 3.46. The van der Waals surface area contributed by atoms with Crippen molar-refractivity contribution in [1.29, 1.82) is 0 Å². The molecule has 3 rings (SSSR count). The number of rotatable bonds is 3. The molecule has 1 aromatic heterocycles. The van der Waals surface area contributed by atoms with Gasteiger partial charge in [-0.3, -0.25) is 4.90 Å². The molecule has 1 aromatic rings. The molecule has 2 aliphatic heterocycles. The minimum atomic E-state index is -0.926. The molecule has 5 nitrogen and oxygen atoms in total. The van der Waals surface area contributed by atoms with Crippen molar-refractivity contribution in [3.8, 4) is 0 Å². The number of fused-ring (bicyclic) bond motifs is 2. The summed E-state index contributed by atoms with van der Waals surface area (Å²) in [5.74, 6) is -0.385. The van der Waals surface area contributed by atoms with E-state index in [1.165, 1.54) is 12.3 Å². The second-order valence-corrected chi connectivity index (χ2v) is 4.71. The quantitative estimate of drug-likeness (QED) is 0.859. The zero-order valence-electron chi connectivity index (χ0n) is 9.46. The Bertz CT molecular complexity index is 416. The maximum absolute atomic E-state index is 11.0. The van der Waals surface area contributed by atoms with Gasteiger partial charge in [-0.05, 0) is 18.9 Å². The molecule has 2 bridgehead atoms. The Morgan fingerprint density at radius 1 is 1.41 bits per heavy atom. The van der Waals surface area contributed by atoms with E-state index in [0.29, 0.717) is 24.5 Å². The van der Waals surface area contributed by atoms with Gasteiger partial charge in [-0.25, -0.2) is 4.79 Å². The summed E-state index contributed by atoms with van der Waals surface area (Å²) in [5, 5.41) is 9.00. The Balaban J connectivity index is 1.70. The second kappa shape index (κ2) is 4.16. The van der Waals surface area contributed by atoms with Crippen molar-refractivity contribution in [2.24, 2.45) is 0 Å². The van der Waals surface area contributed by atoms with Crippen molar-refractivity contribution in [3.05, 3.63) is 23.7 Å². The van der Waals surface area contributed by atoms with Crippen LogP contribution >= 0.6 is 0 Å². The Morgan fingerprint density at radius 3 is 2.76 bits per heavy atom. The van der Waals surface area contributed by atoms with Gasteiger partial charge in [0.15, 0.2) is 0 Å². The van der Waals surface area contributed by atoms with Gasteiger partial charge in [0.2, 0.25) is 0 Å². The maximum atomic E-state index is 11.0. The standard InChI is InChI=1S/C12H15NO4/c14-12(15)10-3-4-16-11(10)7-13-5-8-1-2-9(6-13)17-8/h3-4,8-9H,1-2,5-7H2,(H,14,15). The van der Waals surface area contributed by atoms with Crippen LogP contribution in [0.2, 0.25) is 0 Å². The van der Waals surface area contributed by atoms with Crippen LogP contribution in [0.4, 0.5) is 0 Å². The molecular formula is C12H15NO4. The predicted octanol–water partition coefficient (Wildman–Crippen LogP) is 1.34. The first-order chi connectivity index (χ1) is 8.22. The Kier molecular flexibility index (Phi) is 2.64. The third kappa shape index (κ3) is 2.08. The molecule has 0 aliphatic carbocycles. The third-order valence-electron chi connectivity index (χ3n) is 3.46. The zero-order valence-corrected chi connectivity index (χ0v) is 9.46. The van der Waals surface area contributed by atoms with Crippen molar-refractivity contribution in [2.75, 3.05) is 13.1 Å². The van der Waals surface area contributed by atoms with E-state index < -0.39 is 5.97 Å². The molecule has 2 fully saturated rings. The van der Waals surface area contributed by atoms with Crippen LogP contribution in [-0.2, 0) is 11.3 Å². The fourth-order valence-corrected chi connectivity index (χ4v) is 2.68. The molecule has 1 N–H and O–H groups in total. The minimum Gasteiger partial charge on any atom is -0.478 e. The maximum Gasteiger partial charge on any atom is 0.339 e. The summed E-state index contributed by atoms with van der Waals surface area (Å²) in [6, 6.07) is 1.51. The number of carboxylic acids is 1. The van der Waals surface area contributed by atoms with Crippen LogP contribution in [0.3, 0.4) is 0 Å². The smallest absolute Gasteiger partial charge is 0.339 e. The molecule has 0 aromatic carbocycles. The molecule has 2 unspecified atom stereocenters. The molecule has 0 radical (unpaired) electrons. The summed E-state index contributed by atoms with van der Waals surface area (Å²) < 4.78 is 11.0. The van der Waals surface area contributed by atoms with Gasteiger partial charge in [0, 0.05) is 13.1 Å². The summed E-state index contributed by atoms with van der Waals surface area (Å²) in [6.45, 7) is 2.30. The topological polar surface area (TPSA) is 62.9 Å². The lowest BCUT2D eigenvalue weighted by Gasteiger charge is -2.31. The predicted molar refractivity (Wildman–Crippen MR) is 58.8 cm³/mol. The van der Waals surface area contributed by atoms with Crippen LogP contribution in [0.25, 0.3) is 0 Å². The molecule has 92 valence electrons. The van der Waals surface area contributed by atoms with E-state index in [1.54, 1.807) is 0 Å². The summed E-state index contributed by atoms with van der Waals surface area (Å²) in [4.78, 5) is 13.2. The van der Waals surface area contributed by atoms with Crippen LogP contribution in [0.15, 0.2) is 16.7 Å². The highest BCUT2D eigenvalue weighted by Crippen LogP contribution is 2.27. The van der Waals surface area contributed by atoms with Crippen LogP contribution in [-0.4, -0.2) is 41.3 Å². The lowest BCUT2D eigenvalue weighted by atomic mass is 10.2. The lowest BCUT2D eigenvalue weighted by Crippen LogP contribution is -2.42. The minimum absolute atomic E-state index is 0.267. The summed E-state index contributed by atoms with van der Waals surface area (Å²) in [5.41, 5.74) is 0.267. The summed E-state index contributed by atoms with van der Waals surface area (Å²) in [7, 11) is 0. The van der Waals surface area contributed by atoms with Gasteiger partial charge < -0.3 is 14.3 Å². The number of aromatic carboxylic acids is 1. The first-order valence-corrected chi connectivity index (χ1v) is 5.90. The molecule has 2 aliphatic rings. The zero-order chi connectivity index (χ0) is 11.8. The Morgan fingerprint density at radius 2 is 2.12 bits per heavy atom. The van der Waals surface area contributed by atoms with Gasteiger partial charge in [0.25, 0.3) is 0 Å². The van der Waals surface area contributed by atoms with E-state index in [9.17, 15) is 4.79 Å². The van der Waals surface area contributed by atoms with E-state index in [1.807, 2.05) is 0 Å². The second-order valence-electron chi connectivity index (χ2n) is 4.71. The summed E-state index contributed by atoms with van der Waals surface area (Å²) in [6.07, 6.45) is 4.30. The molecule has 3 heterocycles. The molecular weight excluding hydrogens is 222 g/mol. The highest BCUT2D eigenvalue weighted by molar-refractivity contribution is 5.88. The van der Waals surface area contributed by atoms with Crippen LogP contribution in [0, 0.1) is 0 Å². The number of hydrogen-bond acceptors (Lipinski definition) is 4. The van der Waals surface area contributed by atoms with Gasteiger partial charge in [-0.2, -0.15) is 0 Å². The Hall–Kier alpha value is -1.33. The van der Waals surface area contributed by atoms with E-state index in [4.69, 9.17) is 14.3 Å². The van der Waals surface area contributed by atoms with Crippen LogP contribution in [0.5, 0.6) is 0 Å². The van der Waals surface area contributed by atoms with Crippen molar-refractivity contribution >= 4 is 5.97 Å². The molecule has 0 saturated carbocycles. The van der Waals surface area contributed by atoms with Gasteiger partial charge >= 0.3 is 5.97 Å².